The van der Waals surface area contributed by atoms with E-state index in [1.54, 1.807) is 37.4 Å². The molecule has 0 spiro atoms. The van der Waals surface area contributed by atoms with Crippen LogP contribution in [-0.2, 0) is 6.42 Å². The zero-order valence-electron chi connectivity index (χ0n) is 20.7. The molecule has 0 saturated carbocycles. The molecule has 0 radical (unpaired) electrons. The van der Waals surface area contributed by atoms with Gasteiger partial charge in [0.15, 0.2) is 5.13 Å². The number of hydrogen-bond acceptors (Lipinski definition) is 7. The van der Waals surface area contributed by atoms with Crippen molar-refractivity contribution in [2.45, 2.75) is 64.5 Å². The second kappa shape index (κ2) is 11.6. The quantitative estimate of drug-likeness (QED) is 0.214. The van der Waals surface area contributed by atoms with Crippen LogP contribution in [0.1, 0.15) is 83.4 Å². The lowest BCUT2D eigenvalue weighted by molar-refractivity contribution is 0.0669. The van der Waals surface area contributed by atoms with E-state index < -0.39 is 17.5 Å². The standard InChI is InChI=1S/C25H33N5O5S/c1-14(6-4-10-25(2,3)35)27-22(32)19-13-36-24(29-19)30-21(31)15-8-9-18-17(12-15)16(7-5-11-26)20(28-18)23(33)34/h8-9,12-14,28,35H,4-7,10-11,26H2,1-3H3,(H,27,32)(H,33,34)(H,29,30,31). The molecule has 7 N–H and O–H groups in total. The first-order valence-corrected chi connectivity index (χ1v) is 12.7. The van der Waals surface area contributed by atoms with Crippen LogP contribution in [0.3, 0.4) is 0 Å². The molecule has 0 bridgehead atoms. The smallest absolute Gasteiger partial charge is 0.352 e. The number of aromatic nitrogens is 2. The number of benzene rings is 1. The third kappa shape index (κ3) is 7.12. The highest BCUT2D eigenvalue weighted by molar-refractivity contribution is 7.14. The molecule has 36 heavy (non-hydrogen) atoms. The number of carboxylic acids is 1. The van der Waals surface area contributed by atoms with Crippen molar-refractivity contribution in [1.82, 2.24) is 15.3 Å². The second-order valence-electron chi connectivity index (χ2n) is 9.51. The van der Waals surface area contributed by atoms with E-state index in [1.807, 2.05) is 6.92 Å². The number of rotatable bonds is 12. The third-order valence-electron chi connectivity index (χ3n) is 5.77. The summed E-state index contributed by atoms with van der Waals surface area (Å²) in [5.74, 6) is -1.81. The van der Waals surface area contributed by atoms with Crippen LogP contribution in [0.15, 0.2) is 23.6 Å². The van der Waals surface area contributed by atoms with Crippen LogP contribution >= 0.6 is 11.3 Å². The molecule has 10 nitrogen and oxygen atoms in total. The summed E-state index contributed by atoms with van der Waals surface area (Å²) in [6.45, 7) is 5.83. The maximum absolute atomic E-state index is 12.9. The van der Waals surface area contributed by atoms with Crippen LogP contribution in [0, 0.1) is 0 Å². The molecule has 0 aliphatic rings. The average Bonchev–Trinajstić information content (AvgIpc) is 3.41. The number of hydrogen-bond donors (Lipinski definition) is 6. The number of nitrogens with one attached hydrogen (secondary N) is 3. The molecule has 0 aliphatic carbocycles. The van der Waals surface area contributed by atoms with E-state index in [0.29, 0.717) is 47.8 Å². The van der Waals surface area contributed by atoms with E-state index in [0.717, 1.165) is 24.2 Å². The first-order valence-electron chi connectivity index (χ1n) is 11.9. The van der Waals surface area contributed by atoms with Crippen LogP contribution in [-0.4, -0.2) is 56.2 Å². The lowest BCUT2D eigenvalue weighted by Gasteiger charge is -2.18. The minimum atomic E-state index is -1.07. The fourth-order valence-electron chi connectivity index (χ4n) is 3.93. The number of nitrogens with zero attached hydrogens (tertiary/aromatic N) is 1. The molecule has 2 aromatic heterocycles. The number of carboxylic acid groups (broad SMARTS) is 1. The summed E-state index contributed by atoms with van der Waals surface area (Å²) < 4.78 is 0. The number of carbonyl (C=O) groups is 3. The summed E-state index contributed by atoms with van der Waals surface area (Å²) in [5.41, 5.74) is 6.75. The minimum Gasteiger partial charge on any atom is -0.477 e. The number of fused-ring (bicyclic) bond motifs is 1. The van der Waals surface area contributed by atoms with Crippen LogP contribution in [0.4, 0.5) is 5.13 Å². The molecule has 194 valence electrons. The molecular formula is C25H33N5O5S. The Morgan fingerprint density at radius 1 is 1.22 bits per heavy atom. The average molecular weight is 516 g/mol. The molecule has 0 fully saturated rings. The molecule has 3 aromatic rings. The van der Waals surface area contributed by atoms with Crippen LogP contribution < -0.4 is 16.4 Å². The molecule has 3 rings (SSSR count). The Morgan fingerprint density at radius 2 is 1.97 bits per heavy atom. The SMILES string of the molecule is CC(CCCC(C)(C)O)NC(=O)c1csc(NC(=O)c2ccc3[nH]c(C(=O)O)c(CCCN)c3c2)n1. The van der Waals surface area contributed by atoms with Gasteiger partial charge in [-0.05, 0) is 83.2 Å². The molecule has 2 amide bonds. The van der Waals surface area contributed by atoms with Crippen molar-refractivity contribution < 1.29 is 24.6 Å². The first kappa shape index (κ1) is 27.3. The highest BCUT2D eigenvalue weighted by Crippen LogP contribution is 2.26. The molecule has 1 unspecified atom stereocenters. The fraction of sp³-hybridized carbons (Fsp3) is 0.440. The van der Waals surface area contributed by atoms with E-state index in [1.165, 1.54) is 0 Å². The number of aryl methyl sites for hydroxylation is 1. The predicted octanol–water partition coefficient (Wildman–Crippen LogP) is 3.53. The van der Waals surface area contributed by atoms with Crippen molar-refractivity contribution in [1.29, 1.82) is 0 Å². The predicted molar refractivity (Wildman–Crippen MR) is 140 cm³/mol. The summed E-state index contributed by atoms with van der Waals surface area (Å²) in [7, 11) is 0. The van der Waals surface area contributed by atoms with Gasteiger partial charge in [0, 0.05) is 27.9 Å². The number of carbonyl (C=O) groups excluding carboxylic acids is 2. The van der Waals surface area contributed by atoms with E-state index in [4.69, 9.17) is 5.73 Å². The van der Waals surface area contributed by atoms with E-state index in [9.17, 15) is 24.6 Å². The Balaban J connectivity index is 1.66. The van der Waals surface area contributed by atoms with Gasteiger partial charge in [0.1, 0.15) is 11.4 Å². The van der Waals surface area contributed by atoms with Crippen LogP contribution in [0.2, 0.25) is 0 Å². The minimum absolute atomic E-state index is 0.0863. The largest absolute Gasteiger partial charge is 0.477 e. The Kier molecular flexibility index (Phi) is 8.83. The van der Waals surface area contributed by atoms with Gasteiger partial charge in [0.2, 0.25) is 0 Å². The second-order valence-corrected chi connectivity index (χ2v) is 10.4. The molecule has 11 heteroatoms. The molecular weight excluding hydrogens is 482 g/mol. The number of amides is 2. The van der Waals surface area contributed by atoms with Crippen molar-refractivity contribution in [3.63, 3.8) is 0 Å². The first-order chi connectivity index (χ1) is 17.0. The number of nitrogens with two attached hydrogens (primary N) is 1. The topological polar surface area (TPSA) is 170 Å². The van der Waals surface area contributed by atoms with Gasteiger partial charge in [-0.3, -0.25) is 14.9 Å². The summed E-state index contributed by atoms with van der Waals surface area (Å²) in [5, 5.41) is 27.4. The van der Waals surface area contributed by atoms with Crippen LogP contribution in [0.5, 0.6) is 0 Å². The maximum atomic E-state index is 12.9. The van der Waals surface area contributed by atoms with Gasteiger partial charge in [0.25, 0.3) is 11.8 Å². The number of thiazole rings is 1. The third-order valence-corrected chi connectivity index (χ3v) is 6.53. The summed E-state index contributed by atoms with van der Waals surface area (Å²) in [4.78, 5) is 44.2. The maximum Gasteiger partial charge on any atom is 0.352 e. The summed E-state index contributed by atoms with van der Waals surface area (Å²) >= 11 is 1.14. The molecule has 1 atom stereocenters. The van der Waals surface area contributed by atoms with E-state index in [-0.39, 0.29) is 28.5 Å². The summed E-state index contributed by atoms with van der Waals surface area (Å²) in [6.07, 6.45) is 3.23. The Morgan fingerprint density at radius 3 is 2.64 bits per heavy atom. The normalized spacial score (nSPS) is 12.5. The zero-order valence-corrected chi connectivity index (χ0v) is 21.5. The fourth-order valence-corrected chi connectivity index (χ4v) is 4.61. The molecule has 0 saturated heterocycles. The van der Waals surface area contributed by atoms with Crippen molar-refractivity contribution in [2.75, 3.05) is 11.9 Å². The Labute approximate surface area is 213 Å². The number of aromatic carboxylic acids is 1. The Hall–Kier alpha value is -3.28. The molecule has 1 aromatic carbocycles. The van der Waals surface area contributed by atoms with E-state index >= 15 is 0 Å². The number of aromatic amines is 1. The molecule has 2 heterocycles. The van der Waals surface area contributed by atoms with Crippen molar-refractivity contribution in [3.8, 4) is 0 Å². The van der Waals surface area contributed by atoms with Crippen molar-refractivity contribution in [3.05, 3.63) is 46.1 Å². The highest BCUT2D eigenvalue weighted by Gasteiger charge is 2.20. The monoisotopic (exact) mass is 515 g/mol. The van der Waals surface area contributed by atoms with Gasteiger partial charge in [-0.15, -0.1) is 11.3 Å². The number of anilines is 1. The van der Waals surface area contributed by atoms with Gasteiger partial charge in [0.05, 0.1) is 5.60 Å². The van der Waals surface area contributed by atoms with Gasteiger partial charge >= 0.3 is 5.97 Å². The van der Waals surface area contributed by atoms with Gasteiger partial charge in [-0.25, -0.2) is 9.78 Å². The van der Waals surface area contributed by atoms with Gasteiger partial charge < -0.3 is 26.2 Å². The molecule has 0 aliphatic heterocycles. The lowest BCUT2D eigenvalue weighted by Crippen LogP contribution is -2.33. The van der Waals surface area contributed by atoms with Crippen LogP contribution in [0.25, 0.3) is 10.9 Å². The summed E-state index contributed by atoms with van der Waals surface area (Å²) in [6, 6.07) is 4.83. The number of aliphatic hydroxyl groups is 1. The van der Waals surface area contributed by atoms with Gasteiger partial charge in [-0.1, -0.05) is 0 Å². The van der Waals surface area contributed by atoms with Crippen molar-refractivity contribution >= 4 is 45.2 Å². The Bertz CT molecular complexity index is 1240. The van der Waals surface area contributed by atoms with Gasteiger partial charge in [-0.2, -0.15) is 0 Å². The van der Waals surface area contributed by atoms with Crippen molar-refractivity contribution in [2.24, 2.45) is 5.73 Å². The lowest BCUT2D eigenvalue weighted by atomic mass is 10.00. The van der Waals surface area contributed by atoms with E-state index in [2.05, 4.69) is 20.6 Å². The number of H-pyrrole nitrogens is 1. The zero-order chi connectivity index (χ0) is 26.5. The highest BCUT2D eigenvalue weighted by atomic mass is 32.1.